The van der Waals surface area contributed by atoms with Gasteiger partial charge >= 0.3 is 0 Å². The van der Waals surface area contributed by atoms with Crippen LogP contribution in [0.4, 0.5) is 5.69 Å². The molecule has 0 spiro atoms. The van der Waals surface area contributed by atoms with Gasteiger partial charge in [-0.2, -0.15) is 0 Å². The molecule has 0 bridgehead atoms. The maximum Gasteiger partial charge on any atom is 0.288 e. The lowest BCUT2D eigenvalue weighted by molar-refractivity contribution is -0.384. The predicted molar refractivity (Wildman–Crippen MR) is 71.8 cm³/mol. The first kappa shape index (κ1) is 13.3. The summed E-state index contributed by atoms with van der Waals surface area (Å²) in [5, 5.41) is 11.0. The summed E-state index contributed by atoms with van der Waals surface area (Å²) in [6, 6.07) is 5.06. The Bertz CT molecular complexity index is 443. The average Bonchev–Trinajstić information content (AvgIpc) is 2.34. The van der Waals surface area contributed by atoms with E-state index in [-0.39, 0.29) is 10.7 Å². The van der Waals surface area contributed by atoms with Gasteiger partial charge in [0.1, 0.15) is 5.02 Å². The van der Waals surface area contributed by atoms with Crippen molar-refractivity contribution in [2.75, 3.05) is 13.1 Å². The monoisotopic (exact) mass is 268 g/mol. The molecule has 0 N–H and O–H groups in total. The van der Waals surface area contributed by atoms with E-state index in [1.54, 1.807) is 12.1 Å². The number of hydrogen-bond acceptors (Lipinski definition) is 3. The van der Waals surface area contributed by atoms with Crippen molar-refractivity contribution >= 4 is 17.3 Å². The fourth-order valence-corrected chi connectivity index (χ4v) is 2.46. The third kappa shape index (κ3) is 3.21. The topological polar surface area (TPSA) is 46.4 Å². The van der Waals surface area contributed by atoms with Gasteiger partial charge in [0, 0.05) is 12.6 Å². The molecule has 0 aromatic heterocycles. The molecule has 0 aliphatic carbocycles. The molecule has 1 fully saturated rings. The predicted octanol–water partition coefficient (Wildman–Crippen LogP) is 3.48. The van der Waals surface area contributed by atoms with E-state index >= 15 is 0 Å². The molecule has 0 unspecified atom stereocenters. The van der Waals surface area contributed by atoms with Crippen LogP contribution >= 0.6 is 11.6 Å². The Morgan fingerprint density at radius 2 is 2.11 bits per heavy atom. The largest absolute Gasteiger partial charge is 0.299 e. The highest BCUT2D eigenvalue weighted by Gasteiger charge is 2.18. The summed E-state index contributed by atoms with van der Waals surface area (Å²) in [5.74, 6) is 0.792. The number of halogens is 1. The minimum absolute atomic E-state index is 0.000422. The molecule has 0 saturated carbocycles. The molecule has 1 heterocycles. The molecular formula is C13H17ClN2O2. The first-order valence-corrected chi connectivity index (χ1v) is 6.59. The first-order chi connectivity index (χ1) is 8.56. The Labute approximate surface area is 112 Å². The molecule has 0 radical (unpaired) electrons. The van der Waals surface area contributed by atoms with Gasteiger partial charge < -0.3 is 0 Å². The summed E-state index contributed by atoms with van der Waals surface area (Å²) in [4.78, 5) is 12.7. The Kier molecular flexibility index (Phi) is 4.19. The zero-order valence-electron chi connectivity index (χ0n) is 10.4. The highest BCUT2D eigenvalue weighted by molar-refractivity contribution is 6.32. The van der Waals surface area contributed by atoms with Crippen molar-refractivity contribution < 1.29 is 4.92 Å². The Morgan fingerprint density at radius 1 is 1.44 bits per heavy atom. The molecule has 1 aromatic rings. The van der Waals surface area contributed by atoms with Gasteiger partial charge in [0.25, 0.3) is 5.69 Å². The first-order valence-electron chi connectivity index (χ1n) is 6.21. The van der Waals surface area contributed by atoms with Crippen molar-refractivity contribution in [1.82, 2.24) is 4.90 Å². The quantitative estimate of drug-likeness (QED) is 0.623. The number of benzene rings is 1. The Morgan fingerprint density at radius 3 is 2.72 bits per heavy atom. The SMILES string of the molecule is CC1CCN(Cc2ccc(Cl)c([N+](=O)[O-])c2)CC1. The van der Waals surface area contributed by atoms with Gasteiger partial charge in [-0.15, -0.1) is 0 Å². The minimum atomic E-state index is -0.426. The van der Waals surface area contributed by atoms with Gasteiger partial charge in [-0.25, -0.2) is 0 Å². The minimum Gasteiger partial charge on any atom is -0.299 e. The molecule has 18 heavy (non-hydrogen) atoms. The van der Waals surface area contributed by atoms with E-state index < -0.39 is 4.92 Å². The summed E-state index contributed by atoms with van der Waals surface area (Å²) in [7, 11) is 0. The second kappa shape index (κ2) is 5.67. The Hall–Kier alpha value is -1.13. The summed E-state index contributed by atoms with van der Waals surface area (Å²) < 4.78 is 0. The van der Waals surface area contributed by atoms with E-state index in [9.17, 15) is 10.1 Å². The molecular weight excluding hydrogens is 252 g/mol. The number of rotatable bonds is 3. The summed E-state index contributed by atoms with van der Waals surface area (Å²) in [6.07, 6.45) is 2.41. The second-order valence-corrected chi connectivity index (χ2v) is 5.41. The van der Waals surface area contributed by atoms with E-state index in [1.165, 1.54) is 12.8 Å². The van der Waals surface area contributed by atoms with E-state index in [4.69, 9.17) is 11.6 Å². The number of nitro groups is 1. The zero-order chi connectivity index (χ0) is 13.1. The maximum absolute atomic E-state index is 10.8. The van der Waals surface area contributed by atoms with Crippen LogP contribution in [0, 0.1) is 16.0 Å². The summed E-state index contributed by atoms with van der Waals surface area (Å²) in [5.41, 5.74) is 0.959. The number of nitrogens with zero attached hydrogens (tertiary/aromatic N) is 2. The van der Waals surface area contributed by atoms with Crippen LogP contribution in [-0.2, 0) is 6.54 Å². The lowest BCUT2D eigenvalue weighted by atomic mass is 9.99. The van der Waals surface area contributed by atoms with Crippen LogP contribution in [-0.4, -0.2) is 22.9 Å². The van der Waals surface area contributed by atoms with Crippen molar-refractivity contribution in [2.45, 2.75) is 26.3 Å². The fraction of sp³-hybridized carbons (Fsp3) is 0.538. The van der Waals surface area contributed by atoms with Crippen LogP contribution in [0.2, 0.25) is 5.02 Å². The van der Waals surface area contributed by atoms with E-state index in [0.29, 0.717) is 0 Å². The second-order valence-electron chi connectivity index (χ2n) is 5.00. The van der Waals surface area contributed by atoms with E-state index in [0.717, 1.165) is 31.1 Å². The summed E-state index contributed by atoms with van der Waals surface area (Å²) >= 11 is 5.80. The van der Waals surface area contributed by atoms with Crippen molar-refractivity contribution in [1.29, 1.82) is 0 Å². The maximum atomic E-state index is 10.8. The lowest BCUT2D eigenvalue weighted by Gasteiger charge is -2.30. The standard InChI is InChI=1S/C13H17ClN2O2/c1-10-4-6-15(7-5-10)9-11-2-3-12(14)13(8-11)16(17)18/h2-3,8,10H,4-7,9H2,1H3. The molecule has 1 aliphatic heterocycles. The molecule has 4 nitrogen and oxygen atoms in total. The highest BCUT2D eigenvalue weighted by Crippen LogP contribution is 2.26. The number of piperidine rings is 1. The zero-order valence-corrected chi connectivity index (χ0v) is 11.2. The van der Waals surface area contributed by atoms with Crippen LogP contribution in [0.25, 0.3) is 0 Å². The van der Waals surface area contributed by atoms with Crippen LogP contribution in [0.15, 0.2) is 18.2 Å². The smallest absolute Gasteiger partial charge is 0.288 e. The average molecular weight is 269 g/mol. The van der Waals surface area contributed by atoms with Crippen LogP contribution in [0.3, 0.4) is 0 Å². The molecule has 1 aliphatic rings. The highest BCUT2D eigenvalue weighted by atomic mass is 35.5. The third-order valence-electron chi connectivity index (χ3n) is 3.49. The van der Waals surface area contributed by atoms with Gasteiger partial charge in [-0.3, -0.25) is 15.0 Å². The molecule has 2 rings (SSSR count). The van der Waals surface area contributed by atoms with E-state index in [1.807, 2.05) is 6.07 Å². The van der Waals surface area contributed by atoms with Crippen LogP contribution < -0.4 is 0 Å². The van der Waals surface area contributed by atoms with Crippen LogP contribution in [0.1, 0.15) is 25.3 Å². The Balaban J connectivity index is 2.05. The molecule has 98 valence electrons. The molecule has 1 saturated heterocycles. The van der Waals surface area contributed by atoms with Gasteiger partial charge in [-0.1, -0.05) is 24.6 Å². The molecule has 0 atom stereocenters. The summed E-state index contributed by atoms with van der Waals surface area (Å²) in [6.45, 7) is 5.17. The van der Waals surface area contributed by atoms with E-state index in [2.05, 4.69) is 11.8 Å². The third-order valence-corrected chi connectivity index (χ3v) is 3.81. The number of likely N-dealkylation sites (tertiary alicyclic amines) is 1. The number of nitro benzene ring substituents is 1. The van der Waals surface area contributed by atoms with Crippen molar-refractivity contribution in [3.8, 4) is 0 Å². The molecule has 5 heteroatoms. The normalized spacial score (nSPS) is 17.9. The van der Waals surface area contributed by atoms with Crippen molar-refractivity contribution in [3.63, 3.8) is 0 Å². The van der Waals surface area contributed by atoms with Gasteiger partial charge in [-0.05, 0) is 43.5 Å². The van der Waals surface area contributed by atoms with Crippen molar-refractivity contribution in [3.05, 3.63) is 38.9 Å². The van der Waals surface area contributed by atoms with Gasteiger partial charge in [0.2, 0.25) is 0 Å². The fourth-order valence-electron chi connectivity index (χ4n) is 2.27. The molecule has 1 aromatic carbocycles. The van der Waals surface area contributed by atoms with Crippen LogP contribution in [0.5, 0.6) is 0 Å². The lowest BCUT2D eigenvalue weighted by Crippen LogP contribution is -2.32. The molecule has 0 amide bonds. The number of hydrogen-bond donors (Lipinski definition) is 0. The van der Waals surface area contributed by atoms with Crippen molar-refractivity contribution in [2.24, 2.45) is 5.92 Å². The van der Waals surface area contributed by atoms with Gasteiger partial charge in [0.15, 0.2) is 0 Å². The van der Waals surface area contributed by atoms with Gasteiger partial charge in [0.05, 0.1) is 4.92 Å².